The van der Waals surface area contributed by atoms with E-state index in [4.69, 9.17) is 11.6 Å². The number of hydrogen-bond donors (Lipinski definition) is 3. The molecule has 0 bridgehead atoms. The van der Waals surface area contributed by atoms with E-state index in [1.54, 1.807) is 36.4 Å². The third-order valence-corrected chi connectivity index (χ3v) is 6.81. The van der Waals surface area contributed by atoms with Gasteiger partial charge < -0.3 is 15.7 Å². The molecule has 1 atom stereocenters. The van der Waals surface area contributed by atoms with E-state index in [9.17, 15) is 23.9 Å². The Morgan fingerprint density at radius 3 is 2.16 bits per heavy atom. The standard InChI is InChI=1S/C28H20ClFN2O4S/c29-23-16-19(13-14-24(23)30)32-27(34)25(17-7-2-1-3-8-17)37-20-10-6-9-18(15-20)31-26(33)21-11-4-5-12-22(21)28(35)36/h1-16,25H,(H,31,33)(H,32,34)(H,35,36). The summed E-state index contributed by atoms with van der Waals surface area (Å²) in [5.41, 5.74) is 1.46. The van der Waals surface area contributed by atoms with Crippen LogP contribution in [0.3, 0.4) is 0 Å². The lowest BCUT2D eigenvalue weighted by atomic mass is 10.1. The van der Waals surface area contributed by atoms with Gasteiger partial charge in [0.25, 0.3) is 5.91 Å². The summed E-state index contributed by atoms with van der Waals surface area (Å²) in [6.45, 7) is 0. The van der Waals surface area contributed by atoms with Crippen molar-refractivity contribution in [1.82, 2.24) is 0 Å². The topological polar surface area (TPSA) is 95.5 Å². The zero-order chi connectivity index (χ0) is 26.4. The maximum Gasteiger partial charge on any atom is 0.336 e. The van der Waals surface area contributed by atoms with Gasteiger partial charge in [0.1, 0.15) is 11.1 Å². The molecule has 0 aromatic heterocycles. The molecule has 0 aliphatic heterocycles. The summed E-state index contributed by atoms with van der Waals surface area (Å²) in [5.74, 6) is -2.69. The SMILES string of the molecule is O=C(O)c1ccccc1C(=O)Nc1cccc(SC(C(=O)Nc2ccc(F)c(Cl)c2)c2ccccc2)c1. The van der Waals surface area contributed by atoms with Gasteiger partial charge in [-0.2, -0.15) is 0 Å². The summed E-state index contributed by atoms with van der Waals surface area (Å²) in [6, 6.07) is 25.9. The molecule has 37 heavy (non-hydrogen) atoms. The van der Waals surface area contributed by atoms with Gasteiger partial charge in [-0.15, -0.1) is 11.8 Å². The number of amides is 2. The van der Waals surface area contributed by atoms with E-state index in [-0.39, 0.29) is 22.1 Å². The predicted molar refractivity (Wildman–Crippen MR) is 143 cm³/mol. The van der Waals surface area contributed by atoms with Crippen molar-refractivity contribution in [1.29, 1.82) is 0 Å². The maximum atomic E-state index is 13.5. The first-order valence-electron chi connectivity index (χ1n) is 11.0. The fourth-order valence-corrected chi connectivity index (χ4v) is 4.80. The number of carboxylic acid groups (broad SMARTS) is 1. The van der Waals surface area contributed by atoms with Crippen molar-refractivity contribution in [3.8, 4) is 0 Å². The van der Waals surface area contributed by atoms with Crippen LogP contribution in [-0.2, 0) is 4.79 Å². The van der Waals surface area contributed by atoms with Crippen molar-refractivity contribution < 1.29 is 23.9 Å². The Morgan fingerprint density at radius 2 is 1.46 bits per heavy atom. The maximum absolute atomic E-state index is 13.5. The predicted octanol–water partition coefficient (Wildman–Crippen LogP) is 6.90. The lowest BCUT2D eigenvalue weighted by Gasteiger charge is -2.18. The zero-order valence-corrected chi connectivity index (χ0v) is 20.7. The number of carbonyl (C=O) groups excluding carboxylic acids is 2. The van der Waals surface area contributed by atoms with Gasteiger partial charge in [-0.05, 0) is 54.1 Å². The quantitative estimate of drug-likeness (QED) is 0.214. The summed E-state index contributed by atoms with van der Waals surface area (Å²) in [4.78, 5) is 38.2. The van der Waals surface area contributed by atoms with Gasteiger partial charge in [-0.3, -0.25) is 9.59 Å². The van der Waals surface area contributed by atoms with Crippen LogP contribution in [0.5, 0.6) is 0 Å². The molecule has 0 heterocycles. The molecule has 4 rings (SSSR count). The van der Waals surface area contributed by atoms with Crippen molar-refractivity contribution >= 4 is 52.5 Å². The van der Waals surface area contributed by atoms with Gasteiger partial charge in [0.15, 0.2) is 0 Å². The zero-order valence-electron chi connectivity index (χ0n) is 19.2. The van der Waals surface area contributed by atoms with Crippen LogP contribution in [0.1, 0.15) is 31.5 Å². The smallest absolute Gasteiger partial charge is 0.336 e. The minimum atomic E-state index is -1.20. The molecule has 0 radical (unpaired) electrons. The highest BCUT2D eigenvalue weighted by atomic mass is 35.5. The second kappa shape index (κ2) is 11.7. The third kappa shape index (κ3) is 6.55. The minimum Gasteiger partial charge on any atom is -0.478 e. The van der Waals surface area contributed by atoms with Gasteiger partial charge >= 0.3 is 5.97 Å². The third-order valence-electron chi connectivity index (χ3n) is 5.28. The fraction of sp³-hybridized carbons (Fsp3) is 0.0357. The lowest BCUT2D eigenvalue weighted by molar-refractivity contribution is -0.115. The largest absolute Gasteiger partial charge is 0.478 e. The van der Waals surface area contributed by atoms with Crippen molar-refractivity contribution in [2.24, 2.45) is 0 Å². The summed E-state index contributed by atoms with van der Waals surface area (Å²) in [5, 5.41) is 14.1. The number of aromatic carboxylic acids is 1. The van der Waals surface area contributed by atoms with Crippen LogP contribution >= 0.6 is 23.4 Å². The molecule has 4 aromatic carbocycles. The van der Waals surface area contributed by atoms with Crippen LogP contribution in [-0.4, -0.2) is 22.9 Å². The van der Waals surface area contributed by atoms with Crippen LogP contribution in [0.15, 0.2) is 102 Å². The second-order valence-corrected chi connectivity index (χ2v) is 9.45. The van der Waals surface area contributed by atoms with Gasteiger partial charge in [0.05, 0.1) is 16.1 Å². The number of rotatable bonds is 8. The number of halogens is 2. The monoisotopic (exact) mass is 534 g/mol. The first kappa shape index (κ1) is 25.9. The Balaban J connectivity index is 1.56. The molecule has 3 N–H and O–H groups in total. The first-order valence-corrected chi connectivity index (χ1v) is 12.3. The second-order valence-electron chi connectivity index (χ2n) is 7.86. The van der Waals surface area contributed by atoms with Crippen LogP contribution in [0.25, 0.3) is 0 Å². The Hall–Kier alpha value is -4.14. The first-order chi connectivity index (χ1) is 17.8. The molecule has 0 saturated carbocycles. The number of carbonyl (C=O) groups is 3. The molecule has 2 amide bonds. The number of nitrogens with one attached hydrogen (secondary N) is 2. The molecule has 0 aliphatic carbocycles. The molecule has 6 nitrogen and oxygen atoms in total. The minimum absolute atomic E-state index is 0.0348. The van der Waals surface area contributed by atoms with Crippen LogP contribution in [0, 0.1) is 5.82 Å². The van der Waals surface area contributed by atoms with E-state index in [0.717, 1.165) is 5.56 Å². The molecule has 0 aliphatic rings. The average molecular weight is 535 g/mol. The summed E-state index contributed by atoms with van der Waals surface area (Å²) in [7, 11) is 0. The highest BCUT2D eigenvalue weighted by Crippen LogP contribution is 2.37. The van der Waals surface area contributed by atoms with E-state index in [0.29, 0.717) is 16.3 Å². The Morgan fingerprint density at radius 1 is 0.784 bits per heavy atom. The Bertz CT molecular complexity index is 1470. The van der Waals surface area contributed by atoms with E-state index in [1.165, 1.54) is 42.1 Å². The van der Waals surface area contributed by atoms with Crippen LogP contribution in [0.4, 0.5) is 15.8 Å². The molecule has 0 saturated heterocycles. The molecule has 186 valence electrons. The average Bonchev–Trinajstić information content (AvgIpc) is 2.90. The summed E-state index contributed by atoms with van der Waals surface area (Å²) in [6.07, 6.45) is 0. The highest BCUT2D eigenvalue weighted by molar-refractivity contribution is 8.00. The molecule has 4 aromatic rings. The van der Waals surface area contributed by atoms with Crippen molar-refractivity contribution in [3.63, 3.8) is 0 Å². The summed E-state index contributed by atoms with van der Waals surface area (Å²) >= 11 is 7.11. The summed E-state index contributed by atoms with van der Waals surface area (Å²) < 4.78 is 13.5. The van der Waals surface area contributed by atoms with Crippen molar-refractivity contribution in [2.75, 3.05) is 10.6 Å². The fourth-order valence-electron chi connectivity index (χ4n) is 3.53. The molecular formula is C28H20ClFN2O4S. The number of anilines is 2. The normalized spacial score (nSPS) is 11.4. The van der Waals surface area contributed by atoms with Crippen LogP contribution < -0.4 is 10.6 Å². The van der Waals surface area contributed by atoms with E-state index in [2.05, 4.69) is 10.6 Å². The Kier molecular flexibility index (Phi) is 8.22. The van der Waals surface area contributed by atoms with Gasteiger partial charge in [0.2, 0.25) is 5.91 Å². The molecule has 9 heteroatoms. The lowest BCUT2D eigenvalue weighted by Crippen LogP contribution is -2.19. The van der Waals surface area contributed by atoms with Gasteiger partial charge in [-0.1, -0.05) is 60.1 Å². The van der Waals surface area contributed by atoms with E-state index < -0.39 is 22.9 Å². The number of carboxylic acids is 1. The molecular weight excluding hydrogens is 515 g/mol. The molecule has 0 spiro atoms. The van der Waals surface area contributed by atoms with Gasteiger partial charge in [0, 0.05) is 16.3 Å². The molecule has 0 fully saturated rings. The molecule has 1 unspecified atom stereocenters. The van der Waals surface area contributed by atoms with Crippen molar-refractivity contribution in [2.45, 2.75) is 10.1 Å². The highest BCUT2D eigenvalue weighted by Gasteiger charge is 2.23. The number of hydrogen-bond acceptors (Lipinski definition) is 4. The number of thioether (sulfide) groups is 1. The van der Waals surface area contributed by atoms with Crippen LogP contribution in [0.2, 0.25) is 5.02 Å². The van der Waals surface area contributed by atoms with Gasteiger partial charge in [-0.25, -0.2) is 9.18 Å². The Labute approximate surface area is 221 Å². The van der Waals surface area contributed by atoms with Crippen molar-refractivity contribution in [3.05, 3.63) is 125 Å². The van der Waals surface area contributed by atoms with E-state index in [1.807, 2.05) is 30.3 Å². The van der Waals surface area contributed by atoms with E-state index >= 15 is 0 Å². The number of benzene rings is 4.